The highest BCUT2D eigenvalue weighted by molar-refractivity contribution is 6.02. The van der Waals surface area contributed by atoms with Gasteiger partial charge in [0.25, 0.3) is 5.91 Å². The van der Waals surface area contributed by atoms with Crippen LogP contribution in [-0.2, 0) is 4.79 Å². The summed E-state index contributed by atoms with van der Waals surface area (Å²) in [5, 5.41) is 6.29. The second kappa shape index (κ2) is 9.23. The summed E-state index contributed by atoms with van der Waals surface area (Å²) in [4.78, 5) is 15.4. The van der Waals surface area contributed by atoms with Crippen LogP contribution in [0, 0.1) is 0 Å². The first kappa shape index (κ1) is 19.6. The lowest BCUT2D eigenvalue weighted by Crippen LogP contribution is -2.39. The first-order valence-corrected chi connectivity index (χ1v) is 10.6. The molecule has 0 spiro atoms. The van der Waals surface area contributed by atoms with Crippen LogP contribution in [0.1, 0.15) is 49.3 Å². The third-order valence-electron chi connectivity index (χ3n) is 5.90. The van der Waals surface area contributed by atoms with Crippen LogP contribution in [0.5, 0.6) is 5.75 Å². The van der Waals surface area contributed by atoms with Crippen molar-refractivity contribution in [3.63, 3.8) is 0 Å². The molecule has 5 nitrogen and oxygen atoms in total. The average Bonchev–Trinajstić information content (AvgIpc) is 3.16. The maximum atomic E-state index is 13.0. The third-order valence-corrected chi connectivity index (χ3v) is 5.90. The Hall–Kier alpha value is -2.66. The van der Waals surface area contributed by atoms with Gasteiger partial charge in [0.05, 0.1) is 25.9 Å². The molecule has 5 heteroatoms. The van der Waals surface area contributed by atoms with Crippen molar-refractivity contribution in [2.45, 2.75) is 38.1 Å². The Morgan fingerprint density at radius 1 is 1.03 bits per heavy atom. The molecule has 0 bridgehead atoms. The Labute approximate surface area is 173 Å². The van der Waals surface area contributed by atoms with Crippen LogP contribution in [-0.4, -0.2) is 48.3 Å². The van der Waals surface area contributed by atoms with E-state index in [2.05, 4.69) is 34.3 Å². The molecule has 0 saturated carbocycles. The zero-order chi connectivity index (χ0) is 20.1. The summed E-state index contributed by atoms with van der Waals surface area (Å²) in [5.74, 6) is 0.959. The second-order valence-corrected chi connectivity index (χ2v) is 7.79. The average molecular weight is 392 g/mol. The number of methoxy groups -OCH3 is 1. The predicted octanol–water partition coefficient (Wildman–Crippen LogP) is 4.25. The quantitative estimate of drug-likeness (QED) is 0.765. The van der Waals surface area contributed by atoms with Crippen LogP contribution in [0.2, 0.25) is 0 Å². The van der Waals surface area contributed by atoms with Crippen molar-refractivity contribution >= 4 is 11.6 Å². The van der Waals surface area contributed by atoms with Gasteiger partial charge in [-0.3, -0.25) is 9.69 Å². The molecule has 4 rings (SSSR count). The lowest BCUT2D eigenvalue weighted by atomic mass is 10.0. The lowest BCUT2D eigenvalue weighted by molar-refractivity contribution is -0.132. The molecule has 1 saturated heterocycles. The van der Waals surface area contributed by atoms with Gasteiger partial charge in [-0.05, 0) is 42.6 Å². The maximum Gasteiger partial charge on any atom is 0.256 e. The zero-order valence-electron chi connectivity index (χ0n) is 17.1. The summed E-state index contributed by atoms with van der Waals surface area (Å²) in [6.07, 6.45) is 5.45. The minimum atomic E-state index is 0.0938. The number of hydrogen-bond donors (Lipinski definition) is 0. The number of ether oxygens (including phenoxy) is 1. The molecule has 0 aliphatic carbocycles. The Kier molecular flexibility index (Phi) is 6.25. The molecule has 29 heavy (non-hydrogen) atoms. The number of likely N-dealkylation sites (tertiary alicyclic amines) is 1. The molecule has 0 radical (unpaired) electrons. The van der Waals surface area contributed by atoms with Gasteiger partial charge in [0.2, 0.25) is 0 Å². The Bertz CT molecular complexity index is 848. The van der Waals surface area contributed by atoms with Gasteiger partial charge < -0.3 is 4.74 Å². The summed E-state index contributed by atoms with van der Waals surface area (Å²) >= 11 is 0. The molecule has 2 aromatic rings. The molecule has 1 amide bonds. The Morgan fingerprint density at radius 3 is 2.59 bits per heavy atom. The molecule has 0 N–H and O–H groups in total. The minimum absolute atomic E-state index is 0.0938. The van der Waals surface area contributed by atoms with Crippen molar-refractivity contribution in [1.29, 1.82) is 0 Å². The van der Waals surface area contributed by atoms with Crippen LogP contribution in [0.25, 0.3) is 0 Å². The SMILES string of the molecule is COc1ccc(C2CCCCCN2CC(=O)N2CCC(c3ccccc3)=N2)cc1. The van der Waals surface area contributed by atoms with E-state index in [0.717, 1.165) is 42.8 Å². The van der Waals surface area contributed by atoms with E-state index in [1.165, 1.54) is 18.4 Å². The van der Waals surface area contributed by atoms with E-state index >= 15 is 0 Å². The van der Waals surface area contributed by atoms with Crippen LogP contribution in [0.15, 0.2) is 59.7 Å². The van der Waals surface area contributed by atoms with Crippen molar-refractivity contribution in [3.05, 3.63) is 65.7 Å². The number of benzene rings is 2. The van der Waals surface area contributed by atoms with Gasteiger partial charge >= 0.3 is 0 Å². The summed E-state index contributed by atoms with van der Waals surface area (Å²) in [6.45, 7) is 2.04. The number of rotatable bonds is 5. The number of hydrazone groups is 1. The largest absolute Gasteiger partial charge is 0.497 e. The van der Waals surface area contributed by atoms with Crippen LogP contribution in [0.3, 0.4) is 0 Å². The molecular formula is C24H29N3O2. The molecule has 152 valence electrons. The molecule has 2 aliphatic rings. The summed E-state index contributed by atoms with van der Waals surface area (Å²) in [5.41, 5.74) is 3.37. The van der Waals surface area contributed by atoms with Crippen LogP contribution >= 0.6 is 0 Å². The number of nitrogens with zero attached hydrogens (tertiary/aromatic N) is 3. The fraction of sp³-hybridized carbons (Fsp3) is 0.417. The Morgan fingerprint density at radius 2 is 1.83 bits per heavy atom. The maximum absolute atomic E-state index is 13.0. The molecule has 0 aromatic heterocycles. The molecular weight excluding hydrogens is 362 g/mol. The fourth-order valence-corrected chi connectivity index (χ4v) is 4.29. The monoisotopic (exact) mass is 391 g/mol. The van der Waals surface area contributed by atoms with E-state index < -0.39 is 0 Å². The minimum Gasteiger partial charge on any atom is -0.497 e. The second-order valence-electron chi connectivity index (χ2n) is 7.79. The summed E-state index contributed by atoms with van der Waals surface area (Å²) < 4.78 is 5.30. The van der Waals surface area contributed by atoms with Crippen molar-refractivity contribution < 1.29 is 9.53 Å². The summed E-state index contributed by atoms with van der Waals surface area (Å²) in [6, 6.07) is 18.7. The highest BCUT2D eigenvalue weighted by Crippen LogP contribution is 2.31. The van der Waals surface area contributed by atoms with Gasteiger partial charge in [-0.25, -0.2) is 5.01 Å². The normalized spacial score (nSPS) is 20.2. The van der Waals surface area contributed by atoms with E-state index in [1.807, 2.05) is 30.3 Å². The van der Waals surface area contributed by atoms with Crippen LogP contribution in [0.4, 0.5) is 0 Å². The van der Waals surface area contributed by atoms with E-state index in [9.17, 15) is 4.79 Å². The van der Waals surface area contributed by atoms with Gasteiger partial charge in [-0.1, -0.05) is 55.3 Å². The van der Waals surface area contributed by atoms with E-state index in [-0.39, 0.29) is 11.9 Å². The smallest absolute Gasteiger partial charge is 0.256 e. The number of amides is 1. The van der Waals surface area contributed by atoms with Crippen molar-refractivity contribution in [1.82, 2.24) is 9.91 Å². The number of hydrogen-bond acceptors (Lipinski definition) is 4. The fourth-order valence-electron chi connectivity index (χ4n) is 4.29. The van der Waals surface area contributed by atoms with E-state index in [1.54, 1.807) is 12.1 Å². The van der Waals surface area contributed by atoms with Gasteiger partial charge in [-0.2, -0.15) is 5.10 Å². The zero-order valence-corrected chi connectivity index (χ0v) is 17.1. The molecule has 1 atom stereocenters. The first-order valence-electron chi connectivity index (χ1n) is 10.6. The predicted molar refractivity (Wildman–Crippen MR) is 115 cm³/mol. The first-order chi connectivity index (χ1) is 14.2. The molecule has 2 aliphatic heterocycles. The Balaban J connectivity index is 1.47. The highest BCUT2D eigenvalue weighted by Gasteiger charge is 2.28. The topological polar surface area (TPSA) is 45.1 Å². The molecule has 1 unspecified atom stereocenters. The third kappa shape index (κ3) is 4.67. The summed E-state index contributed by atoms with van der Waals surface area (Å²) in [7, 11) is 1.69. The lowest BCUT2D eigenvalue weighted by Gasteiger charge is -2.30. The molecule has 1 fully saturated rings. The van der Waals surface area contributed by atoms with Crippen molar-refractivity contribution in [3.8, 4) is 5.75 Å². The highest BCUT2D eigenvalue weighted by atomic mass is 16.5. The van der Waals surface area contributed by atoms with E-state index in [0.29, 0.717) is 13.1 Å². The molecule has 2 aromatic carbocycles. The van der Waals surface area contributed by atoms with Crippen molar-refractivity contribution in [2.24, 2.45) is 5.10 Å². The number of carbonyl (C=O) groups is 1. The van der Waals surface area contributed by atoms with Crippen molar-refractivity contribution in [2.75, 3.05) is 26.7 Å². The number of carbonyl (C=O) groups excluding carboxylic acids is 1. The standard InChI is InChI=1S/C24H29N3O2/c1-29-21-13-11-20(12-14-21)23-10-6-3-7-16-26(23)18-24(28)27-17-15-22(25-27)19-8-4-2-5-9-19/h2,4-5,8-9,11-14,23H,3,6-7,10,15-18H2,1H3. The van der Waals surface area contributed by atoms with E-state index in [4.69, 9.17) is 4.74 Å². The van der Waals surface area contributed by atoms with Crippen LogP contribution < -0.4 is 4.74 Å². The van der Waals surface area contributed by atoms with Gasteiger partial charge in [0, 0.05) is 12.5 Å². The molecule has 2 heterocycles. The van der Waals surface area contributed by atoms with Gasteiger partial charge in [-0.15, -0.1) is 0 Å². The van der Waals surface area contributed by atoms with Gasteiger partial charge in [0.1, 0.15) is 5.75 Å². The van der Waals surface area contributed by atoms with Gasteiger partial charge in [0.15, 0.2) is 0 Å².